The maximum atomic E-state index is 12.4. The summed E-state index contributed by atoms with van der Waals surface area (Å²) in [5.41, 5.74) is 2.65. The van der Waals surface area contributed by atoms with E-state index < -0.39 is 59.2 Å². The monoisotopic (exact) mass is 453 g/mol. The van der Waals surface area contributed by atoms with Crippen molar-refractivity contribution in [2.75, 3.05) is 13.2 Å². The zero-order chi connectivity index (χ0) is 20.8. The Balaban J connectivity index is 2.56. The SMILES string of the molecule is C[C@H](NC(=O)[C@@H](O)CC(F)F)C(=O)N1CCC[C@@H](C(=O)OCC(Cl)(Cl)Cl)N1. The fraction of sp³-hybridized carbons (Fsp3) is 0.786. The summed E-state index contributed by atoms with van der Waals surface area (Å²) >= 11 is 16.5. The van der Waals surface area contributed by atoms with Gasteiger partial charge in [-0.3, -0.25) is 19.4 Å². The molecule has 156 valence electrons. The molecule has 1 aliphatic rings. The number of nitrogens with zero attached hydrogens (tertiary/aromatic N) is 1. The summed E-state index contributed by atoms with van der Waals surface area (Å²) in [6.45, 7) is 1.10. The third-order valence-corrected chi connectivity index (χ3v) is 3.88. The van der Waals surface area contributed by atoms with Crippen LogP contribution in [0.4, 0.5) is 8.78 Å². The molecule has 0 radical (unpaired) electrons. The van der Waals surface area contributed by atoms with Crippen LogP contribution in [0.5, 0.6) is 0 Å². The van der Waals surface area contributed by atoms with Crippen LogP contribution >= 0.6 is 34.8 Å². The first-order chi connectivity index (χ1) is 12.4. The lowest BCUT2D eigenvalue weighted by Crippen LogP contribution is -2.60. The summed E-state index contributed by atoms with van der Waals surface area (Å²) in [6.07, 6.45) is -5.00. The van der Waals surface area contributed by atoms with Crippen LogP contribution in [0.3, 0.4) is 0 Å². The Bertz CT molecular complexity index is 551. The molecule has 3 N–H and O–H groups in total. The fourth-order valence-electron chi connectivity index (χ4n) is 2.25. The molecule has 0 spiro atoms. The molecule has 3 atom stereocenters. The van der Waals surface area contributed by atoms with Gasteiger partial charge in [0.25, 0.3) is 5.91 Å². The molecular weight excluding hydrogens is 435 g/mol. The predicted molar refractivity (Wildman–Crippen MR) is 93.4 cm³/mol. The standard InChI is InChI=1S/C14H20Cl3F2N3O5/c1-7(20-11(24)9(23)5-10(18)19)12(25)22-4-2-3-8(21-22)13(26)27-6-14(15,16)17/h7-10,21,23H,2-6H2,1H3,(H,20,24)/t7-,8-,9-/m0/s1. The number of carbonyl (C=O) groups excluding carboxylic acids is 3. The smallest absolute Gasteiger partial charge is 0.325 e. The lowest BCUT2D eigenvalue weighted by atomic mass is 10.1. The van der Waals surface area contributed by atoms with Crippen LogP contribution < -0.4 is 10.7 Å². The number of amides is 2. The third-order valence-electron chi connectivity index (χ3n) is 3.55. The van der Waals surface area contributed by atoms with Gasteiger partial charge in [-0.25, -0.2) is 14.2 Å². The molecule has 0 aromatic carbocycles. The topological polar surface area (TPSA) is 108 Å². The van der Waals surface area contributed by atoms with E-state index in [1.807, 2.05) is 0 Å². The van der Waals surface area contributed by atoms with E-state index in [1.54, 1.807) is 0 Å². The molecule has 0 bridgehead atoms. The maximum absolute atomic E-state index is 12.4. The van der Waals surface area contributed by atoms with E-state index >= 15 is 0 Å². The summed E-state index contributed by atoms with van der Waals surface area (Å²) in [7, 11) is 0. The highest BCUT2D eigenvalue weighted by Crippen LogP contribution is 2.26. The van der Waals surface area contributed by atoms with Gasteiger partial charge in [0.05, 0.1) is 0 Å². The third kappa shape index (κ3) is 8.73. The number of esters is 1. The Kier molecular flexibility index (Phi) is 9.43. The molecule has 1 fully saturated rings. The molecule has 1 heterocycles. The minimum Gasteiger partial charge on any atom is -0.460 e. The van der Waals surface area contributed by atoms with E-state index in [-0.39, 0.29) is 6.54 Å². The van der Waals surface area contributed by atoms with Crippen LogP contribution in [0.15, 0.2) is 0 Å². The molecule has 0 aliphatic carbocycles. The number of rotatable bonds is 7. The van der Waals surface area contributed by atoms with Crippen LogP contribution in [-0.4, -0.2) is 69.5 Å². The van der Waals surface area contributed by atoms with Gasteiger partial charge in [-0.1, -0.05) is 34.8 Å². The molecule has 8 nitrogen and oxygen atoms in total. The largest absolute Gasteiger partial charge is 0.460 e. The van der Waals surface area contributed by atoms with Gasteiger partial charge < -0.3 is 15.2 Å². The van der Waals surface area contributed by atoms with Gasteiger partial charge in [0, 0.05) is 13.0 Å². The highest BCUT2D eigenvalue weighted by molar-refractivity contribution is 6.67. The number of ether oxygens (including phenoxy) is 1. The van der Waals surface area contributed by atoms with Crippen molar-refractivity contribution in [3.8, 4) is 0 Å². The number of hydrogen-bond donors (Lipinski definition) is 3. The van der Waals surface area contributed by atoms with Crippen molar-refractivity contribution in [1.82, 2.24) is 15.8 Å². The summed E-state index contributed by atoms with van der Waals surface area (Å²) in [4.78, 5) is 36.0. The summed E-state index contributed by atoms with van der Waals surface area (Å²) < 4.78 is 27.5. The molecule has 1 saturated heterocycles. The zero-order valence-electron chi connectivity index (χ0n) is 14.3. The molecule has 0 aromatic heterocycles. The average molecular weight is 455 g/mol. The van der Waals surface area contributed by atoms with Crippen molar-refractivity contribution >= 4 is 52.6 Å². The van der Waals surface area contributed by atoms with Gasteiger partial charge in [-0.2, -0.15) is 0 Å². The second kappa shape index (κ2) is 10.6. The van der Waals surface area contributed by atoms with E-state index in [1.165, 1.54) is 6.92 Å². The molecule has 0 aromatic rings. The van der Waals surface area contributed by atoms with Crippen LogP contribution in [-0.2, 0) is 19.1 Å². The molecule has 0 unspecified atom stereocenters. The first kappa shape index (κ1) is 24.1. The van der Waals surface area contributed by atoms with E-state index in [0.29, 0.717) is 12.8 Å². The Morgan fingerprint density at radius 3 is 2.56 bits per heavy atom. The molecule has 2 amide bonds. The highest BCUT2D eigenvalue weighted by atomic mass is 35.6. The number of carbonyl (C=O) groups is 3. The number of alkyl halides is 5. The first-order valence-electron chi connectivity index (χ1n) is 7.98. The number of aliphatic hydroxyl groups is 1. The highest BCUT2D eigenvalue weighted by Gasteiger charge is 2.33. The van der Waals surface area contributed by atoms with Crippen LogP contribution in [0, 0.1) is 0 Å². The van der Waals surface area contributed by atoms with E-state index in [4.69, 9.17) is 39.5 Å². The van der Waals surface area contributed by atoms with Gasteiger partial charge in [0.15, 0.2) is 0 Å². The van der Waals surface area contributed by atoms with Crippen molar-refractivity contribution < 1.29 is 33.0 Å². The van der Waals surface area contributed by atoms with Gasteiger partial charge in [0.1, 0.15) is 24.8 Å². The number of hydrazine groups is 1. The number of aliphatic hydroxyl groups excluding tert-OH is 1. The van der Waals surface area contributed by atoms with Crippen molar-refractivity contribution in [3.05, 3.63) is 0 Å². The van der Waals surface area contributed by atoms with E-state index in [2.05, 4.69) is 10.7 Å². The predicted octanol–water partition coefficient (Wildman–Crippen LogP) is 0.916. The van der Waals surface area contributed by atoms with Crippen LogP contribution in [0.2, 0.25) is 0 Å². The van der Waals surface area contributed by atoms with Crippen molar-refractivity contribution in [1.29, 1.82) is 0 Å². The van der Waals surface area contributed by atoms with Crippen LogP contribution in [0.1, 0.15) is 26.2 Å². The van der Waals surface area contributed by atoms with Gasteiger partial charge in [-0.15, -0.1) is 0 Å². The lowest BCUT2D eigenvalue weighted by molar-refractivity contribution is -0.153. The minimum absolute atomic E-state index is 0.243. The van der Waals surface area contributed by atoms with Crippen LogP contribution in [0.25, 0.3) is 0 Å². The lowest BCUT2D eigenvalue weighted by Gasteiger charge is -2.34. The Hall–Kier alpha value is -0.940. The quantitative estimate of drug-likeness (QED) is 0.390. The number of nitrogens with one attached hydrogen (secondary N) is 2. The van der Waals surface area contributed by atoms with Gasteiger partial charge in [0.2, 0.25) is 16.1 Å². The van der Waals surface area contributed by atoms with E-state index in [9.17, 15) is 28.3 Å². The molecule has 0 saturated carbocycles. The molecule has 1 aliphatic heterocycles. The summed E-state index contributed by atoms with van der Waals surface area (Å²) in [6, 6.07) is -1.98. The van der Waals surface area contributed by atoms with Crippen molar-refractivity contribution in [3.63, 3.8) is 0 Å². The number of halogens is 5. The minimum atomic E-state index is -2.86. The molecule has 27 heavy (non-hydrogen) atoms. The molecule has 13 heteroatoms. The zero-order valence-corrected chi connectivity index (χ0v) is 16.5. The van der Waals surface area contributed by atoms with E-state index in [0.717, 1.165) is 5.01 Å². The molecule has 1 rings (SSSR count). The summed E-state index contributed by atoms with van der Waals surface area (Å²) in [5, 5.41) is 12.6. The first-order valence-corrected chi connectivity index (χ1v) is 9.11. The fourth-order valence-corrected chi connectivity index (χ4v) is 2.41. The second-order valence-corrected chi connectivity index (χ2v) is 8.43. The second-order valence-electron chi connectivity index (χ2n) is 5.91. The Morgan fingerprint density at radius 1 is 1.37 bits per heavy atom. The Morgan fingerprint density at radius 2 is 2.00 bits per heavy atom. The van der Waals surface area contributed by atoms with Crippen molar-refractivity contribution in [2.45, 2.75) is 54.6 Å². The van der Waals surface area contributed by atoms with Gasteiger partial charge >= 0.3 is 5.97 Å². The average Bonchev–Trinajstić information content (AvgIpc) is 2.57. The normalized spacial score (nSPS) is 20.1. The maximum Gasteiger partial charge on any atom is 0.325 e. The number of hydrogen-bond acceptors (Lipinski definition) is 6. The van der Waals surface area contributed by atoms with Gasteiger partial charge in [-0.05, 0) is 19.8 Å². The Labute approximate surface area is 169 Å². The summed E-state index contributed by atoms with van der Waals surface area (Å²) in [5.74, 6) is -2.43. The van der Waals surface area contributed by atoms with Crippen molar-refractivity contribution in [2.24, 2.45) is 0 Å². The molecular formula is C14H20Cl3F2N3O5.